The third kappa shape index (κ3) is 1.17. The van der Waals surface area contributed by atoms with Crippen LogP contribution in [0.5, 0.6) is 0 Å². The van der Waals surface area contributed by atoms with Gasteiger partial charge in [0, 0.05) is 25.6 Å². The van der Waals surface area contributed by atoms with Gasteiger partial charge in [-0.15, -0.1) is 0 Å². The van der Waals surface area contributed by atoms with Gasteiger partial charge in [0.15, 0.2) is 17.2 Å². The van der Waals surface area contributed by atoms with Crippen molar-refractivity contribution in [2.45, 2.75) is 0 Å². The summed E-state index contributed by atoms with van der Waals surface area (Å²) in [7, 11) is 1.71. The van der Waals surface area contributed by atoms with E-state index in [1.54, 1.807) is 23.8 Å². The first-order chi connectivity index (χ1) is 6.72. The SMILES string of the molecule is CNc1nccn2cc(C(=O)O)nc12. The highest BCUT2D eigenvalue weighted by molar-refractivity contribution is 5.86. The Morgan fingerprint density at radius 2 is 2.43 bits per heavy atom. The van der Waals surface area contributed by atoms with Crippen LogP contribution in [0.15, 0.2) is 18.6 Å². The largest absolute Gasteiger partial charge is 0.476 e. The Morgan fingerprint density at radius 3 is 3.07 bits per heavy atom. The first-order valence-electron chi connectivity index (χ1n) is 3.97. The molecule has 6 heteroatoms. The summed E-state index contributed by atoms with van der Waals surface area (Å²) in [6.07, 6.45) is 4.67. The van der Waals surface area contributed by atoms with E-state index in [9.17, 15) is 4.79 Å². The average Bonchev–Trinajstić information content (AvgIpc) is 2.60. The van der Waals surface area contributed by atoms with Crippen molar-refractivity contribution >= 4 is 17.4 Å². The van der Waals surface area contributed by atoms with Crippen molar-refractivity contribution in [2.24, 2.45) is 0 Å². The second-order valence-electron chi connectivity index (χ2n) is 2.69. The molecule has 2 rings (SSSR count). The molecule has 0 saturated carbocycles. The van der Waals surface area contributed by atoms with E-state index in [1.165, 1.54) is 6.20 Å². The predicted octanol–water partition coefficient (Wildman–Crippen LogP) is 0.469. The van der Waals surface area contributed by atoms with Gasteiger partial charge in [-0.3, -0.25) is 0 Å². The normalized spacial score (nSPS) is 10.4. The van der Waals surface area contributed by atoms with E-state index in [4.69, 9.17) is 5.11 Å². The topological polar surface area (TPSA) is 79.5 Å². The molecular weight excluding hydrogens is 184 g/mol. The molecule has 0 spiro atoms. The maximum atomic E-state index is 10.7. The zero-order valence-electron chi connectivity index (χ0n) is 7.43. The predicted molar refractivity (Wildman–Crippen MR) is 49.5 cm³/mol. The van der Waals surface area contributed by atoms with E-state index in [2.05, 4.69) is 15.3 Å². The summed E-state index contributed by atoms with van der Waals surface area (Å²) >= 11 is 0. The Hall–Kier alpha value is -2.11. The molecule has 0 unspecified atom stereocenters. The molecule has 0 radical (unpaired) electrons. The minimum atomic E-state index is -1.05. The smallest absolute Gasteiger partial charge is 0.356 e. The lowest BCUT2D eigenvalue weighted by atomic mass is 10.5. The van der Waals surface area contributed by atoms with Crippen LogP contribution in [0.3, 0.4) is 0 Å². The zero-order chi connectivity index (χ0) is 10.1. The Kier molecular flexibility index (Phi) is 1.81. The van der Waals surface area contributed by atoms with Crippen molar-refractivity contribution in [3.63, 3.8) is 0 Å². The third-order valence-electron chi connectivity index (χ3n) is 1.83. The molecule has 0 aliphatic carbocycles. The number of aromatic nitrogens is 3. The highest BCUT2D eigenvalue weighted by atomic mass is 16.4. The molecule has 0 bridgehead atoms. The van der Waals surface area contributed by atoms with Gasteiger partial charge in [0.25, 0.3) is 0 Å². The molecule has 0 amide bonds. The van der Waals surface area contributed by atoms with Crippen LogP contribution in [-0.4, -0.2) is 32.5 Å². The highest BCUT2D eigenvalue weighted by Gasteiger charge is 2.10. The summed E-state index contributed by atoms with van der Waals surface area (Å²) in [6, 6.07) is 0. The fourth-order valence-electron chi connectivity index (χ4n) is 1.20. The zero-order valence-corrected chi connectivity index (χ0v) is 7.43. The molecule has 0 atom stereocenters. The molecule has 0 aromatic carbocycles. The van der Waals surface area contributed by atoms with Gasteiger partial charge in [-0.25, -0.2) is 14.8 Å². The van der Waals surface area contributed by atoms with Gasteiger partial charge >= 0.3 is 5.97 Å². The summed E-state index contributed by atoms with van der Waals surface area (Å²) in [6.45, 7) is 0. The van der Waals surface area contributed by atoms with Crippen LogP contribution in [0, 0.1) is 0 Å². The van der Waals surface area contributed by atoms with E-state index in [-0.39, 0.29) is 5.69 Å². The van der Waals surface area contributed by atoms with E-state index in [0.717, 1.165) is 0 Å². The quantitative estimate of drug-likeness (QED) is 0.723. The monoisotopic (exact) mass is 192 g/mol. The lowest BCUT2D eigenvalue weighted by Crippen LogP contribution is -1.97. The number of fused-ring (bicyclic) bond motifs is 1. The number of carbonyl (C=O) groups is 1. The third-order valence-corrected chi connectivity index (χ3v) is 1.83. The van der Waals surface area contributed by atoms with Gasteiger partial charge < -0.3 is 14.8 Å². The van der Waals surface area contributed by atoms with Crippen molar-refractivity contribution in [2.75, 3.05) is 12.4 Å². The summed E-state index contributed by atoms with van der Waals surface area (Å²) in [5, 5.41) is 11.6. The fourth-order valence-corrected chi connectivity index (χ4v) is 1.20. The Labute approximate surface area is 79.2 Å². The number of imidazole rings is 1. The van der Waals surface area contributed by atoms with E-state index < -0.39 is 5.97 Å². The molecule has 0 saturated heterocycles. The van der Waals surface area contributed by atoms with Gasteiger partial charge in [0.1, 0.15) is 0 Å². The van der Waals surface area contributed by atoms with Gasteiger partial charge in [0.05, 0.1) is 0 Å². The molecule has 2 N–H and O–H groups in total. The molecule has 0 aliphatic heterocycles. The summed E-state index contributed by atoms with van der Waals surface area (Å²) in [5.74, 6) is -0.490. The number of carboxylic acids is 1. The number of hydrogen-bond donors (Lipinski definition) is 2. The van der Waals surface area contributed by atoms with Crippen molar-refractivity contribution in [1.29, 1.82) is 0 Å². The number of rotatable bonds is 2. The van der Waals surface area contributed by atoms with E-state index in [0.29, 0.717) is 11.5 Å². The lowest BCUT2D eigenvalue weighted by Gasteiger charge is -1.98. The molecule has 14 heavy (non-hydrogen) atoms. The van der Waals surface area contributed by atoms with Crippen LogP contribution < -0.4 is 5.32 Å². The number of carboxylic acid groups (broad SMARTS) is 1. The van der Waals surface area contributed by atoms with Crippen molar-refractivity contribution in [1.82, 2.24) is 14.4 Å². The maximum Gasteiger partial charge on any atom is 0.356 e. The van der Waals surface area contributed by atoms with Gasteiger partial charge in [-0.2, -0.15) is 0 Å². The Balaban J connectivity index is 2.70. The fraction of sp³-hybridized carbons (Fsp3) is 0.125. The summed E-state index contributed by atoms with van der Waals surface area (Å²) < 4.78 is 1.61. The van der Waals surface area contributed by atoms with Crippen molar-refractivity contribution in [3.8, 4) is 0 Å². The minimum Gasteiger partial charge on any atom is -0.476 e. The number of anilines is 1. The maximum absolute atomic E-state index is 10.7. The van der Waals surface area contributed by atoms with Crippen LogP contribution in [-0.2, 0) is 0 Å². The van der Waals surface area contributed by atoms with Crippen LogP contribution in [0.25, 0.3) is 5.65 Å². The van der Waals surface area contributed by atoms with Crippen molar-refractivity contribution in [3.05, 3.63) is 24.3 Å². The molecule has 2 aromatic rings. The molecule has 2 heterocycles. The second kappa shape index (κ2) is 2.99. The van der Waals surface area contributed by atoms with Gasteiger partial charge in [-0.05, 0) is 0 Å². The summed E-state index contributed by atoms with van der Waals surface area (Å²) in [5.41, 5.74) is 0.516. The Morgan fingerprint density at radius 1 is 1.64 bits per heavy atom. The van der Waals surface area contributed by atoms with Crippen molar-refractivity contribution < 1.29 is 9.90 Å². The van der Waals surface area contributed by atoms with Crippen LogP contribution in [0.2, 0.25) is 0 Å². The number of hydrogen-bond acceptors (Lipinski definition) is 4. The molecule has 0 aliphatic rings. The minimum absolute atomic E-state index is 0.00880. The summed E-state index contributed by atoms with van der Waals surface area (Å²) in [4.78, 5) is 18.6. The number of aromatic carboxylic acids is 1. The molecule has 6 nitrogen and oxygen atoms in total. The standard InChI is InChI=1S/C8H8N4O2/c1-9-6-7-11-5(8(13)14)4-12(7)3-2-10-6/h2-4H,1H3,(H,9,10)(H,13,14). The molecule has 0 fully saturated rings. The van der Waals surface area contributed by atoms with Crippen LogP contribution in [0.4, 0.5) is 5.82 Å². The van der Waals surface area contributed by atoms with Crippen LogP contribution >= 0.6 is 0 Å². The Bertz CT molecular complexity index is 491. The second-order valence-corrected chi connectivity index (χ2v) is 2.69. The van der Waals surface area contributed by atoms with Gasteiger partial charge in [0.2, 0.25) is 0 Å². The molecule has 2 aromatic heterocycles. The van der Waals surface area contributed by atoms with Gasteiger partial charge in [-0.1, -0.05) is 0 Å². The molecule has 72 valence electrons. The first kappa shape index (κ1) is 8.49. The number of nitrogens with zero attached hydrogens (tertiary/aromatic N) is 3. The first-order valence-corrected chi connectivity index (χ1v) is 3.97. The highest BCUT2D eigenvalue weighted by Crippen LogP contribution is 2.12. The van der Waals surface area contributed by atoms with E-state index in [1.807, 2.05) is 0 Å². The molecular formula is C8H8N4O2. The van der Waals surface area contributed by atoms with E-state index >= 15 is 0 Å². The number of nitrogens with one attached hydrogen (secondary N) is 1. The lowest BCUT2D eigenvalue weighted by molar-refractivity contribution is 0.0691. The average molecular weight is 192 g/mol. The van der Waals surface area contributed by atoms with Crippen LogP contribution in [0.1, 0.15) is 10.5 Å².